The van der Waals surface area contributed by atoms with Crippen LogP contribution in [0.15, 0.2) is 48.8 Å². The monoisotopic (exact) mass is 253 g/mol. The molecule has 3 rings (SSSR count). The van der Waals surface area contributed by atoms with Crippen molar-refractivity contribution < 1.29 is 9.90 Å². The highest BCUT2D eigenvalue weighted by Gasteiger charge is 2.10. The van der Waals surface area contributed by atoms with Gasteiger partial charge in [-0.1, -0.05) is 12.1 Å². The van der Waals surface area contributed by atoms with Gasteiger partial charge in [0.05, 0.1) is 12.1 Å². The van der Waals surface area contributed by atoms with Crippen molar-refractivity contribution in [3.63, 3.8) is 0 Å². The van der Waals surface area contributed by atoms with Crippen LogP contribution in [0.2, 0.25) is 0 Å². The normalized spacial score (nSPS) is 10.7. The van der Waals surface area contributed by atoms with Gasteiger partial charge in [0, 0.05) is 17.8 Å². The highest BCUT2D eigenvalue weighted by Crippen LogP contribution is 2.14. The Labute approximate surface area is 109 Å². The van der Waals surface area contributed by atoms with Gasteiger partial charge in [0.15, 0.2) is 0 Å². The molecule has 0 unspecified atom stereocenters. The molecule has 0 aliphatic rings. The van der Waals surface area contributed by atoms with Gasteiger partial charge in [0.1, 0.15) is 5.69 Å². The van der Waals surface area contributed by atoms with Crippen LogP contribution in [0.5, 0.6) is 0 Å². The van der Waals surface area contributed by atoms with E-state index < -0.39 is 5.97 Å². The second-order valence-electron chi connectivity index (χ2n) is 4.21. The molecule has 2 heterocycles. The average Bonchev–Trinajstić information content (AvgIpc) is 2.87. The van der Waals surface area contributed by atoms with Crippen LogP contribution in [0.3, 0.4) is 0 Å². The molecule has 0 aliphatic carbocycles. The number of benzene rings is 1. The Bertz CT molecular complexity index is 749. The van der Waals surface area contributed by atoms with Crippen LogP contribution in [0, 0.1) is 0 Å². The van der Waals surface area contributed by atoms with E-state index in [1.165, 1.54) is 16.9 Å². The topological polar surface area (TPSA) is 68.0 Å². The van der Waals surface area contributed by atoms with E-state index in [0.29, 0.717) is 6.54 Å². The fraction of sp³-hybridized carbons (Fsp3) is 0.0714. The molecule has 0 atom stereocenters. The number of hydrogen-bond acceptors (Lipinski definition) is 3. The van der Waals surface area contributed by atoms with Gasteiger partial charge < -0.3 is 5.11 Å². The number of fused-ring (bicyclic) bond motifs is 1. The maximum atomic E-state index is 11.0. The van der Waals surface area contributed by atoms with Crippen molar-refractivity contribution in [1.82, 2.24) is 14.8 Å². The molecule has 94 valence electrons. The summed E-state index contributed by atoms with van der Waals surface area (Å²) in [5.74, 6) is -0.972. The lowest BCUT2D eigenvalue weighted by Crippen LogP contribution is -2.10. The number of pyridine rings is 1. The number of carboxylic acid groups (broad SMARTS) is 1. The Kier molecular flexibility index (Phi) is 2.72. The second kappa shape index (κ2) is 4.53. The summed E-state index contributed by atoms with van der Waals surface area (Å²) in [5.41, 5.74) is 2.10. The molecule has 19 heavy (non-hydrogen) atoms. The molecular weight excluding hydrogens is 242 g/mol. The van der Waals surface area contributed by atoms with Crippen molar-refractivity contribution in [2.24, 2.45) is 0 Å². The molecule has 5 heteroatoms. The average molecular weight is 253 g/mol. The zero-order valence-corrected chi connectivity index (χ0v) is 10.0. The second-order valence-corrected chi connectivity index (χ2v) is 4.21. The molecule has 0 radical (unpaired) electrons. The third kappa shape index (κ3) is 2.18. The third-order valence-electron chi connectivity index (χ3n) is 2.94. The van der Waals surface area contributed by atoms with Gasteiger partial charge >= 0.3 is 5.97 Å². The Morgan fingerprint density at radius 2 is 2.11 bits per heavy atom. The van der Waals surface area contributed by atoms with Crippen LogP contribution in [0.1, 0.15) is 16.1 Å². The van der Waals surface area contributed by atoms with E-state index in [1.807, 2.05) is 30.3 Å². The first-order valence-corrected chi connectivity index (χ1v) is 5.83. The number of carbonyl (C=O) groups is 1. The molecule has 3 aromatic rings. The summed E-state index contributed by atoms with van der Waals surface area (Å²) in [7, 11) is 0. The summed E-state index contributed by atoms with van der Waals surface area (Å²) >= 11 is 0. The van der Waals surface area contributed by atoms with Gasteiger partial charge in [-0.05, 0) is 29.8 Å². The largest absolute Gasteiger partial charge is 0.477 e. The highest BCUT2D eigenvalue weighted by atomic mass is 16.4. The standard InChI is InChI=1S/C14H11N3O2/c18-14(19)13-5-7-16-17(13)9-10-3-4-12-11(8-10)2-1-6-15-12/h1-8H,9H2,(H,18,19). The minimum atomic E-state index is -0.972. The van der Waals surface area contributed by atoms with Crippen molar-refractivity contribution in [3.8, 4) is 0 Å². The van der Waals surface area contributed by atoms with E-state index >= 15 is 0 Å². The molecule has 0 saturated carbocycles. The van der Waals surface area contributed by atoms with E-state index in [4.69, 9.17) is 5.11 Å². The predicted octanol–water partition coefficient (Wildman–Crippen LogP) is 2.18. The summed E-state index contributed by atoms with van der Waals surface area (Å²) in [6.07, 6.45) is 3.24. The number of nitrogens with zero attached hydrogens (tertiary/aromatic N) is 3. The molecule has 0 fully saturated rings. The molecule has 0 spiro atoms. The molecule has 2 aromatic heterocycles. The van der Waals surface area contributed by atoms with Crippen LogP contribution in [0.4, 0.5) is 0 Å². The first-order chi connectivity index (χ1) is 9.24. The van der Waals surface area contributed by atoms with E-state index in [-0.39, 0.29) is 5.69 Å². The lowest BCUT2D eigenvalue weighted by molar-refractivity contribution is 0.0684. The molecule has 5 nitrogen and oxygen atoms in total. The number of carboxylic acids is 1. The third-order valence-corrected chi connectivity index (χ3v) is 2.94. The lowest BCUT2D eigenvalue weighted by Gasteiger charge is -2.06. The summed E-state index contributed by atoms with van der Waals surface area (Å²) in [4.78, 5) is 15.3. The zero-order chi connectivity index (χ0) is 13.2. The maximum absolute atomic E-state index is 11.0. The van der Waals surface area contributed by atoms with Crippen LogP contribution in [-0.2, 0) is 6.54 Å². The zero-order valence-electron chi connectivity index (χ0n) is 10.0. The van der Waals surface area contributed by atoms with Crippen molar-refractivity contribution in [2.75, 3.05) is 0 Å². The Hall–Kier alpha value is -2.69. The molecule has 1 aromatic carbocycles. The van der Waals surface area contributed by atoms with Crippen LogP contribution in [0.25, 0.3) is 10.9 Å². The predicted molar refractivity (Wildman–Crippen MR) is 70.0 cm³/mol. The van der Waals surface area contributed by atoms with Crippen LogP contribution < -0.4 is 0 Å². The smallest absolute Gasteiger partial charge is 0.354 e. The SMILES string of the molecule is O=C(O)c1ccnn1Cc1ccc2ncccc2c1. The quantitative estimate of drug-likeness (QED) is 0.776. The van der Waals surface area contributed by atoms with Crippen molar-refractivity contribution in [1.29, 1.82) is 0 Å². The molecule has 0 amide bonds. The first kappa shape index (κ1) is 11.4. The fourth-order valence-electron chi connectivity index (χ4n) is 2.04. The number of hydrogen-bond donors (Lipinski definition) is 1. The number of aromatic carboxylic acids is 1. The van der Waals surface area contributed by atoms with Gasteiger partial charge in [-0.3, -0.25) is 9.67 Å². The summed E-state index contributed by atoms with van der Waals surface area (Å²) in [5, 5.41) is 14.1. The first-order valence-electron chi connectivity index (χ1n) is 5.83. The highest BCUT2D eigenvalue weighted by molar-refractivity contribution is 5.85. The minimum absolute atomic E-state index is 0.186. The van der Waals surface area contributed by atoms with E-state index in [9.17, 15) is 4.79 Å². The molecule has 1 N–H and O–H groups in total. The van der Waals surface area contributed by atoms with E-state index in [0.717, 1.165) is 16.5 Å². The van der Waals surface area contributed by atoms with Crippen LogP contribution >= 0.6 is 0 Å². The van der Waals surface area contributed by atoms with E-state index in [2.05, 4.69) is 10.1 Å². The summed E-state index contributed by atoms with van der Waals surface area (Å²) < 4.78 is 1.47. The number of aromatic nitrogens is 3. The van der Waals surface area contributed by atoms with Gasteiger partial charge in [-0.15, -0.1) is 0 Å². The summed E-state index contributed by atoms with van der Waals surface area (Å²) in [6, 6.07) is 11.2. The molecule has 0 saturated heterocycles. The molecular formula is C14H11N3O2. The van der Waals surface area contributed by atoms with Gasteiger partial charge in [-0.25, -0.2) is 4.79 Å². The number of rotatable bonds is 3. The minimum Gasteiger partial charge on any atom is -0.477 e. The Balaban J connectivity index is 1.97. The van der Waals surface area contributed by atoms with Crippen molar-refractivity contribution >= 4 is 16.9 Å². The molecule has 0 aliphatic heterocycles. The van der Waals surface area contributed by atoms with E-state index in [1.54, 1.807) is 6.20 Å². The van der Waals surface area contributed by atoms with Crippen molar-refractivity contribution in [3.05, 3.63) is 60.0 Å². The Morgan fingerprint density at radius 3 is 2.95 bits per heavy atom. The van der Waals surface area contributed by atoms with Crippen molar-refractivity contribution in [2.45, 2.75) is 6.54 Å². The summed E-state index contributed by atoms with van der Waals surface area (Å²) in [6.45, 7) is 0.430. The van der Waals surface area contributed by atoms with Gasteiger partial charge in [-0.2, -0.15) is 5.10 Å². The Morgan fingerprint density at radius 1 is 1.21 bits per heavy atom. The van der Waals surface area contributed by atoms with Crippen LogP contribution in [-0.4, -0.2) is 25.8 Å². The lowest BCUT2D eigenvalue weighted by atomic mass is 10.1. The molecule has 0 bridgehead atoms. The maximum Gasteiger partial charge on any atom is 0.354 e. The fourth-order valence-corrected chi connectivity index (χ4v) is 2.04. The van der Waals surface area contributed by atoms with Gasteiger partial charge in [0.25, 0.3) is 0 Å². The van der Waals surface area contributed by atoms with Gasteiger partial charge in [0.2, 0.25) is 0 Å².